The molecule has 1 N–H and O–H groups in total. The zero-order chi connectivity index (χ0) is 17.8. The van der Waals surface area contributed by atoms with Gasteiger partial charge in [-0.15, -0.1) is 0 Å². The highest BCUT2D eigenvalue weighted by molar-refractivity contribution is 6.50. The van der Waals surface area contributed by atoms with Crippen molar-refractivity contribution in [3.05, 3.63) is 107 Å². The predicted octanol–water partition coefficient (Wildman–Crippen LogP) is 3.63. The Bertz CT molecular complexity index is 932. The lowest BCUT2D eigenvalue weighted by Crippen LogP contribution is -2.18. The van der Waals surface area contributed by atoms with Crippen LogP contribution in [-0.4, -0.2) is 22.5 Å². The number of allylic oxidation sites excluding steroid dienone is 6. The summed E-state index contributed by atoms with van der Waals surface area (Å²) in [5.74, 6) is -2.61. The largest absolute Gasteiger partial charge is 0.504 e. The van der Waals surface area contributed by atoms with Crippen molar-refractivity contribution in [1.82, 2.24) is 0 Å². The molecule has 4 nitrogen and oxygen atoms in total. The second-order valence-electron chi connectivity index (χ2n) is 5.42. The third-order valence-corrected chi connectivity index (χ3v) is 3.81. The second-order valence-corrected chi connectivity index (χ2v) is 5.42. The van der Waals surface area contributed by atoms with Crippen LogP contribution in [0.4, 0.5) is 0 Å². The lowest BCUT2D eigenvalue weighted by molar-refractivity contribution is -0.111. The van der Waals surface area contributed by atoms with Crippen LogP contribution in [0.3, 0.4) is 0 Å². The van der Waals surface area contributed by atoms with Crippen LogP contribution in [0.1, 0.15) is 20.7 Å². The Morgan fingerprint density at radius 3 is 1.76 bits per heavy atom. The SMILES string of the molecule is O=C(C(=O)c1ccccc1)C1=CC=C/C1=C(/O)C(=O)c1ccccc1. The normalized spacial score (nSPS) is 14.8. The molecule has 0 unspecified atom stereocenters. The molecule has 0 spiro atoms. The molecule has 0 heterocycles. The maximum atomic E-state index is 12.5. The van der Waals surface area contributed by atoms with E-state index in [4.69, 9.17) is 0 Å². The lowest BCUT2D eigenvalue weighted by Gasteiger charge is -2.07. The molecule has 0 fully saturated rings. The number of carbonyl (C=O) groups is 3. The highest BCUT2D eigenvalue weighted by Crippen LogP contribution is 2.25. The minimum absolute atomic E-state index is 0.00985. The topological polar surface area (TPSA) is 71.4 Å². The second kappa shape index (κ2) is 6.93. The molecular weight excluding hydrogens is 316 g/mol. The van der Waals surface area contributed by atoms with Gasteiger partial charge in [0.15, 0.2) is 5.76 Å². The summed E-state index contributed by atoms with van der Waals surface area (Å²) in [6, 6.07) is 16.4. The molecule has 0 saturated heterocycles. The number of Topliss-reactive ketones (excluding diaryl/α,β-unsaturated/α-hetero) is 3. The minimum atomic E-state index is -0.765. The first-order valence-electron chi connectivity index (χ1n) is 7.65. The molecular formula is C21H14O4. The quantitative estimate of drug-likeness (QED) is 0.393. The van der Waals surface area contributed by atoms with Gasteiger partial charge >= 0.3 is 0 Å². The zero-order valence-electron chi connectivity index (χ0n) is 13.2. The maximum Gasteiger partial charge on any atom is 0.234 e. The van der Waals surface area contributed by atoms with Crippen LogP contribution in [0.5, 0.6) is 0 Å². The summed E-state index contributed by atoms with van der Waals surface area (Å²) in [6.45, 7) is 0. The number of rotatable bonds is 5. The molecule has 2 aromatic rings. The molecule has 3 rings (SSSR count). The molecule has 0 saturated carbocycles. The Kier molecular flexibility index (Phi) is 4.53. The number of hydrogen-bond donors (Lipinski definition) is 1. The van der Waals surface area contributed by atoms with Crippen LogP contribution in [-0.2, 0) is 4.79 Å². The third kappa shape index (κ3) is 3.23. The number of hydrogen-bond acceptors (Lipinski definition) is 4. The summed E-state index contributed by atoms with van der Waals surface area (Å²) in [5, 5.41) is 10.3. The standard InChI is InChI=1S/C21H14O4/c22-18(14-8-3-1-4-9-14)20(24)16-12-7-13-17(16)21(25)19(23)15-10-5-2-6-11-15/h1-13,24H/b20-16-. The van der Waals surface area contributed by atoms with Gasteiger partial charge in [-0.05, 0) is 0 Å². The van der Waals surface area contributed by atoms with Crippen molar-refractivity contribution < 1.29 is 19.5 Å². The minimum Gasteiger partial charge on any atom is -0.504 e. The molecule has 0 aromatic heterocycles. The van der Waals surface area contributed by atoms with Gasteiger partial charge in [-0.25, -0.2) is 0 Å². The monoisotopic (exact) mass is 330 g/mol. The molecule has 2 aromatic carbocycles. The van der Waals surface area contributed by atoms with Crippen molar-refractivity contribution in [3.8, 4) is 0 Å². The van der Waals surface area contributed by atoms with Crippen LogP contribution >= 0.6 is 0 Å². The molecule has 1 aliphatic rings. The predicted molar refractivity (Wildman–Crippen MR) is 93.4 cm³/mol. The van der Waals surface area contributed by atoms with E-state index < -0.39 is 23.1 Å². The van der Waals surface area contributed by atoms with Gasteiger partial charge in [-0.2, -0.15) is 0 Å². The van der Waals surface area contributed by atoms with Gasteiger partial charge < -0.3 is 5.11 Å². The van der Waals surface area contributed by atoms with Crippen LogP contribution in [0, 0.1) is 0 Å². The Labute approximate surface area is 144 Å². The van der Waals surface area contributed by atoms with Gasteiger partial charge in [-0.1, -0.05) is 78.9 Å². The molecule has 0 radical (unpaired) electrons. The first kappa shape index (κ1) is 16.3. The summed E-state index contributed by atoms with van der Waals surface area (Å²) in [4.78, 5) is 37.2. The molecule has 0 atom stereocenters. The number of aliphatic hydroxyl groups excluding tert-OH is 1. The van der Waals surface area contributed by atoms with Crippen LogP contribution < -0.4 is 0 Å². The molecule has 0 bridgehead atoms. The number of benzene rings is 2. The van der Waals surface area contributed by atoms with Gasteiger partial charge in [0.25, 0.3) is 0 Å². The van der Waals surface area contributed by atoms with Crippen molar-refractivity contribution in [2.24, 2.45) is 0 Å². The average molecular weight is 330 g/mol. The highest BCUT2D eigenvalue weighted by atomic mass is 16.3. The Balaban J connectivity index is 1.92. The Morgan fingerprint density at radius 1 is 0.680 bits per heavy atom. The fraction of sp³-hybridized carbons (Fsp3) is 0. The highest BCUT2D eigenvalue weighted by Gasteiger charge is 2.27. The summed E-state index contributed by atoms with van der Waals surface area (Å²) in [5.41, 5.74) is 0.626. The fourth-order valence-electron chi connectivity index (χ4n) is 2.52. The summed E-state index contributed by atoms with van der Waals surface area (Å²) in [6.07, 6.45) is 4.39. The van der Waals surface area contributed by atoms with Gasteiger partial charge in [0.05, 0.1) is 0 Å². The number of aliphatic hydroxyl groups is 1. The van der Waals surface area contributed by atoms with E-state index in [9.17, 15) is 19.5 Å². The van der Waals surface area contributed by atoms with E-state index in [1.165, 1.54) is 18.2 Å². The van der Waals surface area contributed by atoms with Gasteiger partial charge in [0, 0.05) is 22.3 Å². The molecule has 122 valence electrons. The smallest absolute Gasteiger partial charge is 0.234 e. The van der Waals surface area contributed by atoms with Crippen molar-refractivity contribution in [2.45, 2.75) is 0 Å². The number of carbonyl (C=O) groups excluding carboxylic acids is 3. The van der Waals surface area contributed by atoms with E-state index in [0.29, 0.717) is 5.56 Å². The van der Waals surface area contributed by atoms with E-state index in [-0.39, 0.29) is 16.7 Å². The van der Waals surface area contributed by atoms with E-state index in [0.717, 1.165) is 0 Å². The summed E-state index contributed by atoms with van der Waals surface area (Å²) in [7, 11) is 0. The van der Waals surface area contributed by atoms with Crippen molar-refractivity contribution in [1.29, 1.82) is 0 Å². The third-order valence-electron chi connectivity index (χ3n) is 3.81. The average Bonchev–Trinajstić information content (AvgIpc) is 3.16. The van der Waals surface area contributed by atoms with E-state index >= 15 is 0 Å². The maximum absolute atomic E-state index is 12.5. The Morgan fingerprint density at radius 2 is 1.20 bits per heavy atom. The lowest BCUT2D eigenvalue weighted by atomic mass is 9.95. The van der Waals surface area contributed by atoms with Crippen LogP contribution in [0.2, 0.25) is 0 Å². The van der Waals surface area contributed by atoms with E-state index in [1.54, 1.807) is 60.7 Å². The fourth-order valence-corrected chi connectivity index (χ4v) is 2.52. The first-order valence-corrected chi connectivity index (χ1v) is 7.65. The first-order chi connectivity index (χ1) is 12.1. The summed E-state index contributed by atoms with van der Waals surface area (Å²) >= 11 is 0. The van der Waals surface area contributed by atoms with Crippen LogP contribution in [0.25, 0.3) is 0 Å². The molecule has 1 aliphatic carbocycles. The summed E-state index contributed by atoms with van der Waals surface area (Å²) < 4.78 is 0. The van der Waals surface area contributed by atoms with Gasteiger partial charge in [-0.3, -0.25) is 14.4 Å². The van der Waals surface area contributed by atoms with Crippen molar-refractivity contribution in [3.63, 3.8) is 0 Å². The zero-order valence-corrected chi connectivity index (χ0v) is 13.2. The van der Waals surface area contributed by atoms with Crippen molar-refractivity contribution in [2.75, 3.05) is 0 Å². The Hall–Kier alpha value is -3.53. The molecule has 25 heavy (non-hydrogen) atoms. The van der Waals surface area contributed by atoms with Crippen LogP contribution in [0.15, 0.2) is 95.8 Å². The van der Waals surface area contributed by atoms with E-state index in [2.05, 4.69) is 0 Å². The molecule has 0 aliphatic heterocycles. The van der Waals surface area contributed by atoms with Gasteiger partial charge in [0.2, 0.25) is 17.3 Å². The number of ketones is 3. The van der Waals surface area contributed by atoms with E-state index in [1.807, 2.05) is 0 Å². The van der Waals surface area contributed by atoms with Crippen molar-refractivity contribution >= 4 is 17.3 Å². The molecule has 0 amide bonds. The molecule has 4 heteroatoms. The van der Waals surface area contributed by atoms with Gasteiger partial charge in [0.1, 0.15) is 0 Å².